The third-order valence-electron chi connectivity index (χ3n) is 2.38. The lowest BCUT2D eigenvalue weighted by Gasteiger charge is -2.09. The Morgan fingerprint density at radius 1 is 1.27 bits per heavy atom. The highest BCUT2D eigenvalue weighted by Crippen LogP contribution is 2.28. The van der Waals surface area contributed by atoms with Crippen LogP contribution in [0.1, 0.15) is 25.3 Å². The van der Waals surface area contributed by atoms with Gasteiger partial charge in [0.15, 0.2) is 0 Å². The zero-order valence-electron chi connectivity index (χ0n) is 8.59. The number of rotatable bonds is 1. The smallest absolute Gasteiger partial charge is 0.110 e. The van der Waals surface area contributed by atoms with E-state index in [0.29, 0.717) is 5.92 Å². The molecular weight excluding hydrogens is 273 g/mol. The summed E-state index contributed by atoms with van der Waals surface area (Å²) >= 11 is 9.44. The van der Waals surface area contributed by atoms with Crippen molar-refractivity contribution in [3.05, 3.63) is 39.5 Å². The minimum Gasteiger partial charge on any atom is -0.241 e. The predicted molar refractivity (Wildman–Crippen MR) is 68.5 cm³/mol. The monoisotopic (exact) mass is 283 g/mol. The van der Waals surface area contributed by atoms with Gasteiger partial charge in [0, 0.05) is 10.4 Å². The fourth-order valence-electron chi connectivity index (χ4n) is 1.55. The van der Waals surface area contributed by atoms with Gasteiger partial charge in [-0.3, -0.25) is 0 Å². The Morgan fingerprint density at radius 2 is 2.00 bits per heavy atom. The van der Waals surface area contributed by atoms with Crippen LogP contribution < -0.4 is 0 Å². The van der Waals surface area contributed by atoms with Crippen LogP contribution in [0.3, 0.4) is 0 Å². The van der Waals surface area contributed by atoms with Crippen LogP contribution in [0, 0.1) is 0 Å². The molecule has 0 atom stereocenters. The average Bonchev–Trinajstić information content (AvgIpc) is 2.17. The van der Waals surface area contributed by atoms with E-state index in [-0.39, 0.29) is 0 Å². The molecule has 1 heterocycles. The molecule has 0 saturated carbocycles. The van der Waals surface area contributed by atoms with Crippen LogP contribution in [0.4, 0.5) is 0 Å². The van der Waals surface area contributed by atoms with Crippen molar-refractivity contribution in [3.8, 4) is 0 Å². The Hall–Kier alpha value is -0.600. The van der Waals surface area contributed by atoms with Gasteiger partial charge < -0.3 is 0 Å². The van der Waals surface area contributed by atoms with E-state index in [9.17, 15) is 0 Å². The van der Waals surface area contributed by atoms with Crippen molar-refractivity contribution in [2.45, 2.75) is 19.8 Å². The normalized spacial score (nSPS) is 11.3. The molecule has 3 heteroatoms. The van der Waals surface area contributed by atoms with Gasteiger partial charge in [0.25, 0.3) is 0 Å². The Kier molecular flexibility index (Phi) is 2.98. The summed E-state index contributed by atoms with van der Waals surface area (Å²) in [6.07, 6.45) is 0. The maximum atomic E-state index is 5.95. The number of nitrogens with zero attached hydrogens (tertiary/aromatic N) is 1. The van der Waals surface area contributed by atoms with Gasteiger partial charge in [-0.2, -0.15) is 0 Å². The third-order valence-corrected chi connectivity index (χ3v) is 3.25. The first-order valence-electron chi connectivity index (χ1n) is 4.83. The SMILES string of the molecule is CC(C)c1cc2cc(Cl)ccc2nc1Br. The van der Waals surface area contributed by atoms with E-state index in [0.717, 1.165) is 20.5 Å². The summed E-state index contributed by atoms with van der Waals surface area (Å²) in [6.45, 7) is 4.30. The molecular formula is C12H11BrClN. The third kappa shape index (κ3) is 2.16. The van der Waals surface area contributed by atoms with Crippen molar-refractivity contribution in [1.82, 2.24) is 4.98 Å². The summed E-state index contributed by atoms with van der Waals surface area (Å²) in [5.74, 6) is 0.454. The fraction of sp³-hybridized carbons (Fsp3) is 0.250. The van der Waals surface area contributed by atoms with Gasteiger partial charge in [-0.25, -0.2) is 4.98 Å². The molecule has 0 radical (unpaired) electrons. The Bertz CT molecular complexity index is 508. The minimum atomic E-state index is 0.454. The number of benzene rings is 1. The number of hydrogen-bond donors (Lipinski definition) is 0. The van der Waals surface area contributed by atoms with Crippen molar-refractivity contribution < 1.29 is 0 Å². The van der Waals surface area contributed by atoms with Gasteiger partial charge in [-0.15, -0.1) is 0 Å². The second-order valence-corrected chi connectivity index (χ2v) is 5.05. The van der Waals surface area contributed by atoms with E-state index >= 15 is 0 Å². The average molecular weight is 285 g/mol. The van der Waals surface area contributed by atoms with E-state index in [4.69, 9.17) is 11.6 Å². The number of fused-ring (bicyclic) bond motifs is 1. The molecule has 78 valence electrons. The van der Waals surface area contributed by atoms with Gasteiger partial charge in [-0.05, 0) is 51.7 Å². The van der Waals surface area contributed by atoms with Gasteiger partial charge in [-0.1, -0.05) is 25.4 Å². The number of hydrogen-bond acceptors (Lipinski definition) is 1. The Balaban J connectivity index is 2.72. The molecule has 0 amide bonds. The molecule has 0 aliphatic heterocycles. The van der Waals surface area contributed by atoms with Crippen molar-refractivity contribution in [3.63, 3.8) is 0 Å². The molecule has 0 saturated heterocycles. The largest absolute Gasteiger partial charge is 0.241 e. The highest BCUT2D eigenvalue weighted by atomic mass is 79.9. The maximum absolute atomic E-state index is 5.95. The molecule has 1 nitrogen and oxygen atoms in total. The Morgan fingerprint density at radius 3 is 2.67 bits per heavy atom. The first kappa shape index (κ1) is 10.9. The molecule has 2 rings (SSSR count). The highest BCUT2D eigenvalue weighted by molar-refractivity contribution is 9.10. The van der Waals surface area contributed by atoms with Gasteiger partial charge in [0.2, 0.25) is 0 Å². The minimum absolute atomic E-state index is 0.454. The first-order chi connectivity index (χ1) is 7.08. The molecule has 0 unspecified atom stereocenters. The van der Waals surface area contributed by atoms with E-state index in [1.165, 1.54) is 5.56 Å². The summed E-state index contributed by atoms with van der Waals surface area (Å²) in [5.41, 5.74) is 2.18. The molecule has 0 aliphatic carbocycles. The molecule has 1 aromatic carbocycles. The second kappa shape index (κ2) is 4.11. The summed E-state index contributed by atoms with van der Waals surface area (Å²) in [4.78, 5) is 4.50. The summed E-state index contributed by atoms with van der Waals surface area (Å²) in [7, 11) is 0. The van der Waals surface area contributed by atoms with Crippen LogP contribution >= 0.6 is 27.5 Å². The zero-order chi connectivity index (χ0) is 11.0. The van der Waals surface area contributed by atoms with Crippen molar-refractivity contribution in [1.29, 1.82) is 0 Å². The molecule has 0 aliphatic rings. The molecule has 0 N–H and O–H groups in total. The highest BCUT2D eigenvalue weighted by Gasteiger charge is 2.07. The summed E-state index contributed by atoms with van der Waals surface area (Å²) in [6, 6.07) is 7.89. The molecule has 0 bridgehead atoms. The quantitative estimate of drug-likeness (QED) is 0.687. The first-order valence-corrected chi connectivity index (χ1v) is 6.00. The lowest BCUT2D eigenvalue weighted by molar-refractivity contribution is 0.854. The Labute approximate surface area is 103 Å². The van der Waals surface area contributed by atoms with E-state index < -0.39 is 0 Å². The molecule has 15 heavy (non-hydrogen) atoms. The fourth-order valence-corrected chi connectivity index (χ4v) is 2.49. The lowest BCUT2D eigenvalue weighted by Crippen LogP contribution is -1.92. The van der Waals surface area contributed by atoms with Crippen LogP contribution in [0.15, 0.2) is 28.9 Å². The van der Waals surface area contributed by atoms with Crippen LogP contribution in [0.25, 0.3) is 10.9 Å². The number of aromatic nitrogens is 1. The molecule has 1 aromatic heterocycles. The summed E-state index contributed by atoms with van der Waals surface area (Å²) in [5, 5.41) is 1.84. The number of halogens is 2. The van der Waals surface area contributed by atoms with Gasteiger partial charge in [0.05, 0.1) is 5.52 Å². The van der Waals surface area contributed by atoms with Crippen molar-refractivity contribution >= 4 is 38.4 Å². The van der Waals surface area contributed by atoms with E-state index in [2.05, 4.69) is 40.8 Å². The van der Waals surface area contributed by atoms with Crippen LogP contribution in [0.5, 0.6) is 0 Å². The van der Waals surface area contributed by atoms with Crippen molar-refractivity contribution in [2.75, 3.05) is 0 Å². The molecule has 2 aromatic rings. The maximum Gasteiger partial charge on any atom is 0.110 e. The van der Waals surface area contributed by atoms with Gasteiger partial charge in [0.1, 0.15) is 4.60 Å². The molecule has 0 fully saturated rings. The second-order valence-electron chi connectivity index (χ2n) is 3.86. The van der Waals surface area contributed by atoms with Crippen LogP contribution in [-0.2, 0) is 0 Å². The van der Waals surface area contributed by atoms with Crippen molar-refractivity contribution in [2.24, 2.45) is 0 Å². The molecule has 0 spiro atoms. The summed E-state index contributed by atoms with van der Waals surface area (Å²) < 4.78 is 0.923. The lowest BCUT2D eigenvalue weighted by atomic mass is 10.0. The van der Waals surface area contributed by atoms with Crippen LogP contribution in [-0.4, -0.2) is 4.98 Å². The van der Waals surface area contributed by atoms with Crippen LogP contribution in [0.2, 0.25) is 5.02 Å². The number of pyridine rings is 1. The predicted octanol–water partition coefficient (Wildman–Crippen LogP) is 4.77. The van der Waals surface area contributed by atoms with E-state index in [1.54, 1.807) is 0 Å². The standard InChI is InChI=1S/C12H11BrClN/c1-7(2)10-6-8-5-9(14)3-4-11(8)15-12(10)13/h3-7H,1-2H3. The topological polar surface area (TPSA) is 12.9 Å². The zero-order valence-corrected chi connectivity index (χ0v) is 10.9. The van der Waals surface area contributed by atoms with Gasteiger partial charge >= 0.3 is 0 Å². The van der Waals surface area contributed by atoms with E-state index in [1.807, 2.05) is 18.2 Å².